The molecule has 0 spiro atoms. The standard InChI is InChI=1S/C44H32P2.C17H12FO.C9H12.Ru/c1-5-19-35(20-6-1)45(36-21-7-2-8-22-36)41-31-29-33-17-13-15-27-39(33)43(41)44-40-28-16-14-18-34(40)30-32-42(44)46(37-23-9-3-10-24-37)38-25-11-4-12-26-38;1-2-13(14-6-4-3-5-7-14)12-17(19)15-8-10-16(18)11-9-15;1-2-5-9-7-3-6-8(9)4-1;/h1-32H;3-11,13H,12H2;1-2,4-5,8-9H,3,6-7H2;/q;-1;;+2/t;13-;;/m.0../s1. The van der Waals surface area contributed by atoms with Gasteiger partial charge in [0.05, 0.1) is 0 Å². The second-order valence-electron chi connectivity index (χ2n) is 18.6. The number of Topliss-reactive ketones (excluding diaryl/α,β-unsaturated/α-hetero) is 1. The van der Waals surface area contributed by atoms with Crippen LogP contribution in [0.15, 0.2) is 273 Å². The van der Waals surface area contributed by atoms with Gasteiger partial charge < -0.3 is 12.3 Å². The van der Waals surface area contributed by atoms with Crippen molar-refractivity contribution in [2.45, 2.75) is 31.6 Å². The van der Waals surface area contributed by atoms with Crippen molar-refractivity contribution in [2.75, 3.05) is 0 Å². The third-order valence-corrected chi connectivity index (χ3v) is 19.0. The Morgan fingerprint density at radius 2 is 0.853 bits per heavy atom. The molecule has 3 atom stereocenters. The van der Waals surface area contributed by atoms with Crippen molar-refractivity contribution in [3.05, 3.63) is 296 Å². The summed E-state index contributed by atoms with van der Waals surface area (Å²) < 4.78 is 12.8. The summed E-state index contributed by atoms with van der Waals surface area (Å²) in [6, 6.07) is 86.6. The van der Waals surface area contributed by atoms with Crippen molar-refractivity contribution in [3.63, 3.8) is 0 Å². The van der Waals surface area contributed by atoms with Gasteiger partial charge in [0, 0.05) is 17.9 Å². The number of fused-ring (bicyclic) bond motifs is 3. The molecule has 75 heavy (non-hydrogen) atoms. The van der Waals surface area contributed by atoms with Gasteiger partial charge in [-0.2, -0.15) is 0 Å². The molecule has 0 N–H and O–H groups in total. The van der Waals surface area contributed by atoms with E-state index >= 15 is 0 Å². The Labute approximate surface area is 457 Å². The summed E-state index contributed by atoms with van der Waals surface area (Å²) in [4.78, 5) is 12.1. The predicted molar refractivity (Wildman–Crippen MR) is 315 cm³/mol. The maximum Gasteiger partial charge on any atom is 2.00 e. The molecule has 0 radical (unpaired) electrons. The van der Waals surface area contributed by atoms with E-state index in [0.717, 1.165) is 17.4 Å². The Bertz CT molecular complexity index is 3300. The molecule has 0 aliphatic heterocycles. The molecule has 10 aromatic rings. The Balaban J connectivity index is 0.000000194. The van der Waals surface area contributed by atoms with E-state index in [1.807, 2.05) is 30.3 Å². The van der Waals surface area contributed by atoms with Crippen LogP contribution in [0.1, 0.15) is 47.5 Å². The molecule has 2 aliphatic carbocycles. The third-order valence-electron chi connectivity index (χ3n) is 14.0. The van der Waals surface area contributed by atoms with E-state index in [0.29, 0.717) is 5.56 Å². The number of carbonyl (C=O) groups is 1. The average molecular weight is 1100 g/mol. The normalized spacial score (nSPS) is 14.6. The zero-order valence-corrected chi connectivity index (χ0v) is 45.1. The van der Waals surface area contributed by atoms with Gasteiger partial charge in [-0.15, -0.1) is 0 Å². The minimum absolute atomic E-state index is 0. The number of halogens is 1. The van der Waals surface area contributed by atoms with Crippen molar-refractivity contribution < 1.29 is 28.7 Å². The van der Waals surface area contributed by atoms with Crippen LogP contribution in [0.2, 0.25) is 0 Å². The fraction of sp³-hybridized carbons (Fsp3) is 0.100. The van der Waals surface area contributed by atoms with Crippen LogP contribution in [-0.4, -0.2) is 5.78 Å². The molecule has 2 aliphatic rings. The molecular formula is C70H56FOP2Ru+. The van der Waals surface area contributed by atoms with Crippen molar-refractivity contribution in [3.8, 4) is 17.0 Å². The first-order chi connectivity index (χ1) is 36.5. The quantitative estimate of drug-likeness (QED) is 0.0415. The minimum atomic E-state index is -0.852. The Hall–Kier alpha value is -7.16. The van der Waals surface area contributed by atoms with Gasteiger partial charge in [0.15, 0.2) is 5.78 Å². The molecule has 0 heterocycles. The van der Waals surface area contributed by atoms with E-state index in [2.05, 4.69) is 224 Å². The van der Waals surface area contributed by atoms with Crippen LogP contribution in [-0.2, 0) is 19.5 Å². The summed E-state index contributed by atoms with van der Waals surface area (Å²) in [6.07, 6.45) is 20.9. The molecule has 1 nitrogen and oxygen atoms in total. The molecule has 0 amide bonds. The second-order valence-corrected chi connectivity index (χ2v) is 23.0. The van der Waals surface area contributed by atoms with Crippen molar-refractivity contribution >= 4 is 75.0 Å². The van der Waals surface area contributed by atoms with Gasteiger partial charge in [-0.1, -0.05) is 255 Å². The Kier molecular flexibility index (Phi) is 18.2. The molecule has 0 saturated heterocycles. The first-order valence-corrected chi connectivity index (χ1v) is 28.2. The van der Waals surface area contributed by atoms with E-state index in [4.69, 9.17) is 6.42 Å². The van der Waals surface area contributed by atoms with E-state index in [-0.39, 0.29) is 43.4 Å². The van der Waals surface area contributed by atoms with Gasteiger partial charge in [-0.25, -0.2) is 4.39 Å². The summed E-state index contributed by atoms with van der Waals surface area (Å²) in [6.45, 7) is 0. The smallest absolute Gasteiger partial charge is 0.693 e. The van der Waals surface area contributed by atoms with E-state index in [9.17, 15) is 9.18 Å². The summed E-state index contributed by atoms with van der Waals surface area (Å²) in [5, 5.41) is 13.3. The van der Waals surface area contributed by atoms with Crippen molar-refractivity contribution in [1.29, 1.82) is 0 Å². The van der Waals surface area contributed by atoms with E-state index < -0.39 is 15.8 Å². The molecule has 5 heteroatoms. The van der Waals surface area contributed by atoms with Crippen LogP contribution in [0.3, 0.4) is 0 Å². The monoisotopic (exact) mass is 1100 g/mol. The molecule has 0 aromatic heterocycles. The van der Waals surface area contributed by atoms with Crippen LogP contribution in [0.25, 0.3) is 32.7 Å². The van der Waals surface area contributed by atoms with Crippen LogP contribution in [0, 0.1) is 30.0 Å². The summed E-state index contributed by atoms with van der Waals surface area (Å²) in [5.74, 6) is 3.34. The van der Waals surface area contributed by atoms with Crippen molar-refractivity contribution in [1.82, 2.24) is 0 Å². The van der Waals surface area contributed by atoms with Crippen LogP contribution >= 0.6 is 15.8 Å². The molecule has 0 bridgehead atoms. The predicted octanol–water partition coefficient (Wildman–Crippen LogP) is 15.5. The molecule has 1 saturated carbocycles. The van der Waals surface area contributed by atoms with Gasteiger partial charge >= 0.3 is 19.5 Å². The van der Waals surface area contributed by atoms with Crippen LogP contribution < -0.4 is 31.8 Å². The third kappa shape index (κ3) is 12.5. The van der Waals surface area contributed by atoms with E-state index in [1.54, 1.807) is 0 Å². The molecular weight excluding hydrogens is 1040 g/mol. The largest absolute Gasteiger partial charge is 2.00 e. The van der Waals surface area contributed by atoms with Crippen LogP contribution in [0.5, 0.6) is 0 Å². The fourth-order valence-electron chi connectivity index (χ4n) is 10.4. The minimum Gasteiger partial charge on any atom is -0.693 e. The Morgan fingerprint density at radius 3 is 1.25 bits per heavy atom. The Morgan fingerprint density at radius 1 is 0.480 bits per heavy atom. The number of hydrogen-bond donors (Lipinski definition) is 0. The van der Waals surface area contributed by atoms with Gasteiger partial charge in [0.2, 0.25) is 0 Å². The summed E-state index contributed by atoms with van der Waals surface area (Å²) >= 11 is 0. The van der Waals surface area contributed by atoms with Crippen LogP contribution in [0.4, 0.5) is 4.39 Å². The molecule has 12 rings (SSSR count). The SMILES string of the molecule is C1=CC2CCCC2C=C1.[C-]#C[C@@H](CC(=O)c1ccc(F)cc1)c1ccccc1.[Ru+2].c1ccc(P(c2ccccc2)c2ccc3ccccc3c2-c2c(P(c3ccccc3)c3ccccc3)ccc3ccccc23)cc1. The zero-order valence-electron chi connectivity index (χ0n) is 41.6. The molecule has 10 aromatic carbocycles. The average Bonchev–Trinajstić information content (AvgIpc) is 3.97. The summed E-state index contributed by atoms with van der Waals surface area (Å²) in [5.41, 5.74) is 4.04. The fourth-order valence-corrected chi connectivity index (χ4v) is 15.3. The molecule has 366 valence electrons. The molecule has 1 fully saturated rings. The number of allylic oxidation sites excluding steroid dienone is 4. The number of ketones is 1. The van der Waals surface area contributed by atoms with Crippen molar-refractivity contribution in [2.24, 2.45) is 11.8 Å². The maximum absolute atomic E-state index is 12.8. The second kappa shape index (κ2) is 25.9. The van der Waals surface area contributed by atoms with Gasteiger partial charge in [-0.3, -0.25) is 4.79 Å². The summed E-state index contributed by atoms with van der Waals surface area (Å²) in [7, 11) is -1.70. The molecule has 2 unspecified atom stereocenters. The maximum atomic E-state index is 12.8. The van der Waals surface area contributed by atoms with Gasteiger partial charge in [0.1, 0.15) is 5.82 Å². The number of carbonyl (C=O) groups excluding carboxylic acids is 1. The van der Waals surface area contributed by atoms with E-state index in [1.165, 1.54) is 108 Å². The van der Waals surface area contributed by atoms with Gasteiger partial charge in [0.25, 0.3) is 0 Å². The topological polar surface area (TPSA) is 17.1 Å². The zero-order chi connectivity index (χ0) is 50.5. The first kappa shape index (κ1) is 52.7. The number of hydrogen-bond acceptors (Lipinski definition) is 1. The number of benzene rings is 10. The number of rotatable bonds is 11. The van der Waals surface area contributed by atoms with Gasteiger partial charge in [-0.05, 0) is 135 Å². The first-order valence-electron chi connectivity index (χ1n) is 25.5.